The standard InChI is InChI=1S/C13H9F2NO3S/c14-9-4-8(13(18)19)11(5-10(9)15)16-12(17)3-7-1-2-20-6-7/h1-2,4-6H,3H2,(H,16,17)(H,18,19). The zero-order valence-electron chi connectivity index (χ0n) is 10.0. The van der Waals surface area contributed by atoms with E-state index in [2.05, 4.69) is 5.32 Å². The van der Waals surface area contributed by atoms with Crippen molar-refractivity contribution in [3.63, 3.8) is 0 Å². The van der Waals surface area contributed by atoms with Crippen molar-refractivity contribution >= 4 is 28.9 Å². The van der Waals surface area contributed by atoms with Crippen molar-refractivity contribution in [3.05, 3.63) is 51.7 Å². The summed E-state index contributed by atoms with van der Waals surface area (Å²) in [5.41, 5.74) is -0.00819. The van der Waals surface area contributed by atoms with E-state index < -0.39 is 29.1 Å². The van der Waals surface area contributed by atoms with Gasteiger partial charge in [-0.1, -0.05) is 0 Å². The van der Waals surface area contributed by atoms with Gasteiger partial charge in [0.05, 0.1) is 17.7 Å². The Morgan fingerprint density at radius 2 is 1.95 bits per heavy atom. The fourth-order valence-corrected chi connectivity index (χ4v) is 2.27. The van der Waals surface area contributed by atoms with Gasteiger partial charge in [-0.15, -0.1) is 0 Å². The molecule has 0 saturated carbocycles. The van der Waals surface area contributed by atoms with Gasteiger partial charge in [-0.25, -0.2) is 13.6 Å². The molecule has 4 nitrogen and oxygen atoms in total. The predicted molar refractivity (Wildman–Crippen MR) is 70.0 cm³/mol. The molecule has 2 aromatic rings. The van der Waals surface area contributed by atoms with Gasteiger partial charge in [-0.2, -0.15) is 11.3 Å². The fraction of sp³-hybridized carbons (Fsp3) is 0.0769. The van der Waals surface area contributed by atoms with Crippen LogP contribution in [0.3, 0.4) is 0 Å². The first-order valence-electron chi connectivity index (χ1n) is 5.50. The zero-order valence-corrected chi connectivity index (χ0v) is 10.8. The molecule has 0 spiro atoms. The van der Waals surface area contributed by atoms with E-state index in [0.717, 1.165) is 5.56 Å². The molecule has 7 heteroatoms. The molecule has 2 N–H and O–H groups in total. The third-order valence-corrected chi connectivity index (χ3v) is 3.24. The van der Waals surface area contributed by atoms with Crippen molar-refractivity contribution in [1.82, 2.24) is 0 Å². The molecule has 0 aliphatic carbocycles. The first-order chi connectivity index (χ1) is 9.47. The monoisotopic (exact) mass is 297 g/mol. The van der Waals surface area contributed by atoms with E-state index >= 15 is 0 Å². The average molecular weight is 297 g/mol. The molecule has 1 aromatic heterocycles. The Balaban J connectivity index is 2.22. The number of carboxylic acid groups (broad SMARTS) is 1. The lowest BCUT2D eigenvalue weighted by atomic mass is 10.1. The normalized spacial score (nSPS) is 10.3. The molecule has 0 atom stereocenters. The van der Waals surface area contributed by atoms with Crippen LogP contribution in [-0.4, -0.2) is 17.0 Å². The van der Waals surface area contributed by atoms with Gasteiger partial charge in [0.15, 0.2) is 11.6 Å². The molecule has 104 valence electrons. The number of anilines is 1. The number of carboxylic acids is 1. The van der Waals surface area contributed by atoms with Crippen LogP contribution in [0.25, 0.3) is 0 Å². The van der Waals surface area contributed by atoms with Crippen LogP contribution in [0.15, 0.2) is 29.0 Å². The zero-order chi connectivity index (χ0) is 14.7. The van der Waals surface area contributed by atoms with E-state index in [-0.39, 0.29) is 12.1 Å². The third kappa shape index (κ3) is 3.18. The maximum absolute atomic E-state index is 13.1. The minimum atomic E-state index is -1.45. The molecule has 20 heavy (non-hydrogen) atoms. The van der Waals surface area contributed by atoms with Crippen LogP contribution < -0.4 is 5.32 Å². The van der Waals surface area contributed by atoms with Crippen LogP contribution in [0.1, 0.15) is 15.9 Å². The molecule has 2 rings (SSSR count). The largest absolute Gasteiger partial charge is 0.478 e. The second-order valence-electron chi connectivity index (χ2n) is 3.97. The number of benzene rings is 1. The summed E-state index contributed by atoms with van der Waals surface area (Å²) >= 11 is 1.42. The molecule has 0 saturated heterocycles. The lowest BCUT2D eigenvalue weighted by Crippen LogP contribution is -2.17. The number of thiophene rings is 1. The van der Waals surface area contributed by atoms with Crippen molar-refractivity contribution in [2.24, 2.45) is 0 Å². The van der Waals surface area contributed by atoms with E-state index in [1.165, 1.54) is 11.3 Å². The molecule has 0 radical (unpaired) electrons. The van der Waals surface area contributed by atoms with Crippen molar-refractivity contribution in [3.8, 4) is 0 Å². The summed E-state index contributed by atoms with van der Waals surface area (Å²) in [5, 5.41) is 14.7. The van der Waals surface area contributed by atoms with Gasteiger partial charge in [0, 0.05) is 6.07 Å². The van der Waals surface area contributed by atoms with Crippen LogP contribution in [0.4, 0.5) is 14.5 Å². The number of amides is 1. The Bertz CT molecular complexity index is 656. The Labute approximate surface area is 116 Å². The molecule has 0 aliphatic heterocycles. The first kappa shape index (κ1) is 14.1. The lowest BCUT2D eigenvalue weighted by molar-refractivity contribution is -0.115. The minimum absolute atomic E-state index is 0.0293. The van der Waals surface area contributed by atoms with E-state index in [0.29, 0.717) is 12.1 Å². The molecule has 0 aliphatic rings. The Hall–Kier alpha value is -2.28. The van der Waals surface area contributed by atoms with Gasteiger partial charge in [0.25, 0.3) is 0 Å². The maximum atomic E-state index is 13.1. The second kappa shape index (κ2) is 5.79. The average Bonchev–Trinajstić information content (AvgIpc) is 2.85. The Morgan fingerprint density at radius 3 is 2.55 bits per heavy atom. The van der Waals surface area contributed by atoms with Gasteiger partial charge >= 0.3 is 5.97 Å². The summed E-state index contributed by atoms with van der Waals surface area (Å²) in [4.78, 5) is 22.7. The minimum Gasteiger partial charge on any atom is -0.478 e. The van der Waals surface area contributed by atoms with Gasteiger partial charge in [-0.05, 0) is 28.5 Å². The van der Waals surface area contributed by atoms with Crippen LogP contribution in [0, 0.1) is 11.6 Å². The quantitative estimate of drug-likeness (QED) is 0.912. The SMILES string of the molecule is O=C(Cc1ccsc1)Nc1cc(F)c(F)cc1C(=O)O. The summed E-state index contributed by atoms with van der Waals surface area (Å²) in [7, 11) is 0. The van der Waals surface area contributed by atoms with E-state index in [1.807, 2.05) is 0 Å². The van der Waals surface area contributed by atoms with Crippen molar-refractivity contribution in [1.29, 1.82) is 0 Å². The predicted octanol–water partition coefficient (Wildman–Crippen LogP) is 2.91. The number of nitrogens with one attached hydrogen (secondary N) is 1. The molecule has 0 unspecified atom stereocenters. The molecule has 0 bridgehead atoms. The number of rotatable bonds is 4. The number of carbonyl (C=O) groups excluding carboxylic acids is 1. The van der Waals surface area contributed by atoms with Gasteiger partial charge < -0.3 is 10.4 Å². The first-order valence-corrected chi connectivity index (χ1v) is 6.45. The summed E-state index contributed by atoms with van der Waals surface area (Å²) in [6.07, 6.45) is 0.0293. The molecule has 1 heterocycles. The lowest BCUT2D eigenvalue weighted by Gasteiger charge is -2.08. The summed E-state index contributed by atoms with van der Waals surface area (Å²) in [6.45, 7) is 0. The number of hydrogen-bond acceptors (Lipinski definition) is 3. The summed E-state index contributed by atoms with van der Waals surface area (Å²) in [5.74, 6) is -4.45. The highest BCUT2D eigenvalue weighted by Crippen LogP contribution is 2.20. The third-order valence-electron chi connectivity index (χ3n) is 2.51. The highest BCUT2D eigenvalue weighted by molar-refractivity contribution is 7.08. The highest BCUT2D eigenvalue weighted by atomic mass is 32.1. The van der Waals surface area contributed by atoms with Crippen molar-refractivity contribution in [2.45, 2.75) is 6.42 Å². The van der Waals surface area contributed by atoms with E-state index in [4.69, 9.17) is 5.11 Å². The van der Waals surface area contributed by atoms with E-state index in [1.54, 1.807) is 16.8 Å². The second-order valence-corrected chi connectivity index (χ2v) is 4.75. The number of halogens is 2. The topological polar surface area (TPSA) is 66.4 Å². The van der Waals surface area contributed by atoms with Crippen LogP contribution >= 0.6 is 11.3 Å². The van der Waals surface area contributed by atoms with Crippen LogP contribution in [0.2, 0.25) is 0 Å². The maximum Gasteiger partial charge on any atom is 0.337 e. The fourth-order valence-electron chi connectivity index (χ4n) is 1.60. The summed E-state index contributed by atoms with van der Waals surface area (Å²) < 4.78 is 26.1. The highest BCUT2D eigenvalue weighted by Gasteiger charge is 2.17. The number of aromatic carboxylic acids is 1. The van der Waals surface area contributed by atoms with Crippen molar-refractivity contribution < 1.29 is 23.5 Å². The smallest absolute Gasteiger partial charge is 0.337 e. The number of hydrogen-bond donors (Lipinski definition) is 2. The molecular weight excluding hydrogens is 288 g/mol. The molecule has 1 aromatic carbocycles. The molecule has 1 amide bonds. The van der Waals surface area contributed by atoms with Crippen LogP contribution in [0.5, 0.6) is 0 Å². The van der Waals surface area contributed by atoms with Gasteiger partial charge in [0.2, 0.25) is 5.91 Å². The Morgan fingerprint density at radius 1 is 1.25 bits per heavy atom. The van der Waals surface area contributed by atoms with Gasteiger partial charge in [-0.3, -0.25) is 4.79 Å². The van der Waals surface area contributed by atoms with E-state index in [9.17, 15) is 18.4 Å². The van der Waals surface area contributed by atoms with Crippen molar-refractivity contribution in [2.75, 3.05) is 5.32 Å². The Kier molecular flexibility index (Phi) is 4.09. The molecule has 0 fully saturated rings. The number of carbonyl (C=O) groups is 2. The van der Waals surface area contributed by atoms with Crippen LogP contribution in [-0.2, 0) is 11.2 Å². The summed E-state index contributed by atoms with van der Waals surface area (Å²) in [6, 6.07) is 2.94. The molecular formula is C13H9F2NO3S. The van der Waals surface area contributed by atoms with Gasteiger partial charge in [0.1, 0.15) is 0 Å².